The smallest absolute Gasteiger partial charge is 0.300 e. The first kappa shape index (κ1) is 12.8. The standard InChI is InChI=1S/C9H11N3O5/c1-6(13)3-4-11-8(14)7(12(16)17)5-10(2)9(11)15/h5H,3-4H2,1-2H3. The van der Waals surface area contributed by atoms with E-state index in [9.17, 15) is 24.5 Å². The summed E-state index contributed by atoms with van der Waals surface area (Å²) in [4.78, 5) is 43.7. The first-order chi connectivity index (χ1) is 7.84. The predicted octanol–water partition coefficient (Wildman–Crippen LogP) is -0.566. The number of carbonyl (C=O) groups excluding carboxylic acids is 1. The summed E-state index contributed by atoms with van der Waals surface area (Å²) in [6.45, 7) is 1.16. The van der Waals surface area contributed by atoms with E-state index in [1.165, 1.54) is 14.0 Å². The van der Waals surface area contributed by atoms with Crippen molar-refractivity contribution >= 4 is 11.5 Å². The average molecular weight is 241 g/mol. The van der Waals surface area contributed by atoms with Gasteiger partial charge in [-0.05, 0) is 6.92 Å². The second kappa shape index (κ2) is 4.73. The van der Waals surface area contributed by atoms with Gasteiger partial charge in [0.2, 0.25) is 0 Å². The maximum Gasteiger partial charge on any atom is 0.350 e. The Bertz CT molecular complexity index is 583. The van der Waals surface area contributed by atoms with Gasteiger partial charge < -0.3 is 0 Å². The molecule has 92 valence electrons. The molecule has 0 atom stereocenters. The lowest BCUT2D eigenvalue weighted by Crippen LogP contribution is -2.39. The van der Waals surface area contributed by atoms with Gasteiger partial charge >= 0.3 is 16.9 Å². The minimum Gasteiger partial charge on any atom is -0.300 e. The lowest BCUT2D eigenvalue weighted by molar-refractivity contribution is -0.387. The maximum atomic E-state index is 11.6. The minimum absolute atomic E-state index is 0.0175. The van der Waals surface area contributed by atoms with Gasteiger partial charge in [-0.25, -0.2) is 4.79 Å². The second-order valence-electron chi connectivity index (χ2n) is 3.57. The van der Waals surface area contributed by atoms with E-state index < -0.39 is 21.9 Å². The van der Waals surface area contributed by atoms with Gasteiger partial charge in [0.15, 0.2) is 0 Å². The van der Waals surface area contributed by atoms with Crippen molar-refractivity contribution in [2.75, 3.05) is 0 Å². The Balaban J connectivity index is 3.37. The zero-order chi connectivity index (χ0) is 13.2. The fourth-order valence-corrected chi connectivity index (χ4v) is 1.30. The summed E-state index contributed by atoms with van der Waals surface area (Å²) in [5, 5.41) is 10.6. The molecule has 1 aromatic heterocycles. The zero-order valence-electron chi connectivity index (χ0n) is 9.37. The summed E-state index contributed by atoms with van der Waals surface area (Å²) < 4.78 is 1.64. The van der Waals surface area contributed by atoms with E-state index in [4.69, 9.17) is 0 Å². The van der Waals surface area contributed by atoms with Crippen LogP contribution in [0.3, 0.4) is 0 Å². The van der Waals surface area contributed by atoms with Crippen LogP contribution in [-0.2, 0) is 18.4 Å². The Hall–Kier alpha value is -2.25. The van der Waals surface area contributed by atoms with E-state index in [0.717, 1.165) is 10.8 Å². The van der Waals surface area contributed by atoms with Crippen molar-refractivity contribution in [2.45, 2.75) is 19.9 Å². The number of hydrogen-bond acceptors (Lipinski definition) is 5. The van der Waals surface area contributed by atoms with E-state index in [2.05, 4.69) is 0 Å². The van der Waals surface area contributed by atoms with Crippen molar-refractivity contribution in [3.05, 3.63) is 37.1 Å². The molecule has 0 saturated heterocycles. The van der Waals surface area contributed by atoms with Gasteiger partial charge in [0, 0.05) is 20.0 Å². The molecule has 0 fully saturated rings. The van der Waals surface area contributed by atoms with Gasteiger partial charge in [-0.1, -0.05) is 0 Å². The predicted molar refractivity (Wildman–Crippen MR) is 57.9 cm³/mol. The molecule has 0 spiro atoms. The highest BCUT2D eigenvalue weighted by Crippen LogP contribution is 1.99. The van der Waals surface area contributed by atoms with Gasteiger partial charge in [0.05, 0.1) is 11.1 Å². The number of hydrogen-bond donors (Lipinski definition) is 0. The van der Waals surface area contributed by atoms with E-state index >= 15 is 0 Å². The van der Waals surface area contributed by atoms with E-state index in [1.54, 1.807) is 0 Å². The highest BCUT2D eigenvalue weighted by molar-refractivity contribution is 5.75. The van der Waals surface area contributed by atoms with Gasteiger partial charge in [-0.2, -0.15) is 0 Å². The number of carbonyl (C=O) groups is 1. The molecule has 1 aromatic rings. The fraction of sp³-hybridized carbons (Fsp3) is 0.444. The summed E-state index contributed by atoms with van der Waals surface area (Å²) in [7, 11) is 1.30. The van der Waals surface area contributed by atoms with Crippen molar-refractivity contribution in [3.63, 3.8) is 0 Å². The third-order valence-electron chi connectivity index (χ3n) is 2.20. The monoisotopic (exact) mass is 241 g/mol. The van der Waals surface area contributed by atoms with Crippen molar-refractivity contribution < 1.29 is 9.72 Å². The van der Waals surface area contributed by atoms with Crippen LogP contribution in [0.2, 0.25) is 0 Å². The molecular weight excluding hydrogens is 230 g/mol. The van der Waals surface area contributed by atoms with E-state index in [1.807, 2.05) is 0 Å². The van der Waals surface area contributed by atoms with Crippen LogP contribution in [0.4, 0.5) is 5.69 Å². The molecule has 0 saturated carbocycles. The normalized spacial score (nSPS) is 10.2. The lowest BCUT2D eigenvalue weighted by Gasteiger charge is -2.05. The molecule has 8 heteroatoms. The molecule has 0 bridgehead atoms. The Labute approximate surface area is 95.3 Å². The van der Waals surface area contributed by atoms with Crippen LogP contribution < -0.4 is 11.2 Å². The van der Waals surface area contributed by atoms with Gasteiger partial charge in [0.25, 0.3) is 0 Å². The minimum atomic E-state index is -0.987. The van der Waals surface area contributed by atoms with Crippen LogP contribution >= 0.6 is 0 Å². The second-order valence-corrected chi connectivity index (χ2v) is 3.57. The highest BCUT2D eigenvalue weighted by Gasteiger charge is 2.18. The molecule has 0 N–H and O–H groups in total. The van der Waals surface area contributed by atoms with Crippen LogP contribution in [-0.4, -0.2) is 19.8 Å². The lowest BCUT2D eigenvalue weighted by atomic mass is 10.3. The Morgan fingerprint density at radius 3 is 2.53 bits per heavy atom. The summed E-state index contributed by atoms with van der Waals surface area (Å²) in [5.74, 6) is -0.203. The quantitative estimate of drug-likeness (QED) is 0.518. The number of rotatable bonds is 4. The van der Waals surface area contributed by atoms with Crippen LogP contribution in [0.15, 0.2) is 15.8 Å². The van der Waals surface area contributed by atoms with Gasteiger partial charge in [-0.3, -0.25) is 28.8 Å². The number of nitro groups is 1. The third-order valence-corrected chi connectivity index (χ3v) is 2.20. The van der Waals surface area contributed by atoms with Crippen LogP contribution in [0.25, 0.3) is 0 Å². The molecule has 0 aliphatic carbocycles. The van der Waals surface area contributed by atoms with Gasteiger partial charge in [0.1, 0.15) is 5.78 Å². The van der Waals surface area contributed by atoms with Gasteiger partial charge in [-0.15, -0.1) is 0 Å². The summed E-state index contributed by atoms with van der Waals surface area (Å²) in [6.07, 6.45) is 0.852. The molecule has 0 unspecified atom stereocenters. The van der Waals surface area contributed by atoms with Crippen LogP contribution in [0, 0.1) is 10.1 Å². The largest absolute Gasteiger partial charge is 0.350 e. The number of aryl methyl sites for hydroxylation is 1. The van der Waals surface area contributed by atoms with E-state index in [0.29, 0.717) is 4.57 Å². The third kappa shape index (κ3) is 2.65. The molecular formula is C9H11N3O5. The number of aromatic nitrogens is 2. The maximum absolute atomic E-state index is 11.6. The SMILES string of the molecule is CC(=O)CCn1c(=O)c([N+](=O)[O-])cn(C)c1=O. The van der Waals surface area contributed by atoms with Crippen molar-refractivity contribution in [2.24, 2.45) is 7.05 Å². The first-order valence-corrected chi connectivity index (χ1v) is 4.79. The Kier molecular flexibility index (Phi) is 3.56. The molecule has 8 nitrogen and oxygen atoms in total. The molecule has 17 heavy (non-hydrogen) atoms. The molecule has 0 aliphatic heterocycles. The number of ketones is 1. The first-order valence-electron chi connectivity index (χ1n) is 4.79. The molecule has 0 aromatic carbocycles. The molecule has 1 heterocycles. The summed E-state index contributed by atoms with van der Waals surface area (Å²) in [6, 6.07) is 0. The van der Waals surface area contributed by atoms with Crippen LogP contribution in [0.1, 0.15) is 13.3 Å². The van der Waals surface area contributed by atoms with Crippen molar-refractivity contribution in [3.8, 4) is 0 Å². The van der Waals surface area contributed by atoms with Crippen LogP contribution in [0.5, 0.6) is 0 Å². The molecule has 0 amide bonds. The van der Waals surface area contributed by atoms with Crippen molar-refractivity contribution in [1.82, 2.24) is 9.13 Å². The van der Waals surface area contributed by atoms with E-state index in [-0.39, 0.29) is 18.7 Å². The molecule has 0 radical (unpaired) electrons. The Morgan fingerprint density at radius 2 is 2.06 bits per heavy atom. The summed E-state index contributed by atoms with van der Waals surface area (Å²) >= 11 is 0. The zero-order valence-corrected chi connectivity index (χ0v) is 9.37. The average Bonchev–Trinajstić information content (AvgIpc) is 2.22. The number of nitrogens with zero attached hydrogens (tertiary/aromatic N) is 3. The number of Topliss-reactive ketones (excluding diaryl/α,β-unsaturated/α-hetero) is 1. The molecule has 0 aliphatic rings. The summed E-state index contributed by atoms with van der Waals surface area (Å²) in [5.41, 5.74) is -2.35. The Morgan fingerprint density at radius 1 is 1.47 bits per heavy atom. The van der Waals surface area contributed by atoms with Crippen molar-refractivity contribution in [1.29, 1.82) is 0 Å². The fourth-order valence-electron chi connectivity index (χ4n) is 1.30. The molecule has 1 rings (SSSR count). The highest BCUT2D eigenvalue weighted by atomic mass is 16.6. The topological polar surface area (TPSA) is 104 Å².